The van der Waals surface area contributed by atoms with Gasteiger partial charge in [0.25, 0.3) is 5.91 Å². The van der Waals surface area contributed by atoms with Crippen LogP contribution in [0.2, 0.25) is 0 Å². The predicted octanol–water partition coefficient (Wildman–Crippen LogP) is 3.37. The van der Waals surface area contributed by atoms with E-state index in [0.717, 1.165) is 63.0 Å². The number of carbonyl (C=O) groups excluding carboxylic acids is 1. The number of aromatic nitrogens is 1. The van der Waals surface area contributed by atoms with Crippen molar-refractivity contribution in [2.75, 3.05) is 18.0 Å². The van der Waals surface area contributed by atoms with E-state index in [1.165, 1.54) is 19.3 Å². The second-order valence-electron chi connectivity index (χ2n) is 8.67. The minimum Gasteiger partial charge on any atom is -0.390 e. The van der Waals surface area contributed by atoms with E-state index in [0.29, 0.717) is 11.6 Å². The van der Waals surface area contributed by atoms with Gasteiger partial charge in [0.2, 0.25) is 0 Å². The fourth-order valence-electron chi connectivity index (χ4n) is 4.30. The number of nitrogens with one attached hydrogen (secondary N) is 1. The number of hydrogen-bond acceptors (Lipinski definition) is 4. The van der Waals surface area contributed by atoms with Gasteiger partial charge in [-0.05, 0) is 82.3 Å². The van der Waals surface area contributed by atoms with Gasteiger partial charge in [-0.25, -0.2) is 4.98 Å². The lowest BCUT2D eigenvalue weighted by molar-refractivity contribution is 0.0140. The predicted molar refractivity (Wildman–Crippen MR) is 103 cm³/mol. The summed E-state index contributed by atoms with van der Waals surface area (Å²) in [7, 11) is 0. The fraction of sp³-hybridized carbons (Fsp3) is 0.714. The molecule has 1 amide bonds. The Bertz CT molecular complexity index is 653. The summed E-state index contributed by atoms with van der Waals surface area (Å²) >= 11 is 0. The van der Waals surface area contributed by atoms with Gasteiger partial charge in [0.15, 0.2) is 0 Å². The lowest BCUT2D eigenvalue weighted by atomic mass is 9.83. The first kappa shape index (κ1) is 17.8. The smallest absolute Gasteiger partial charge is 0.270 e. The summed E-state index contributed by atoms with van der Waals surface area (Å²) in [6, 6.07) is 4.39. The molecule has 26 heavy (non-hydrogen) atoms. The third kappa shape index (κ3) is 4.03. The second-order valence-corrected chi connectivity index (χ2v) is 8.67. The standard InChI is InChI=1S/C21H31N3O2/c1-21(26)11-9-16(10-12-21)22-20(25)19-17(15-5-6-15)7-8-18(23-19)24-13-3-2-4-14-24/h7-8,15-16,26H,2-6,9-14H2,1H3,(H,22,25). The van der Waals surface area contributed by atoms with E-state index >= 15 is 0 Å². The van der Waals surface area contributed by atoms with E-state index in [-0.39, 0.29) is 11.9 Å². The summed E-state index contributed by atoms with van der Waals surface area (Å²) in [5, 5.41) is 13.3. The molecule has 2 heterocycles. The van der Waals surface area contributed by atoms with Crippen molar-refractivity contribution >= 4 is 11.7 Å². The largest absolute Gasteiger partial charge is 0.390 e. The maximum Gasteiger partial charge on any atom is 0.270 e. The minimum atomic E-state index is -0.577. The molecule has 0 unspecified atom stereocenters. The van der Waals surface area contributed by atoms with Gasteiger partial charge in [-0.2, -0.15) is 0 Å². The molecule has 1 aromatic rings. The summed E-state index contributed by atoms with van der Waals surface area (Å²) < 4.78 is 0. The molecule has 0 spiro atoms. The number of rotatable bonds is 4. The molecule has 4 rings (SSSR count). The number of anilines is 1. The average molecular weight is 357 g/mol. The number of aliphatic hydroxyl groups is 1. The molecule has 1 aliphatic heterocycles. The molecule has 0 aromatic carbocycles. The van der Waals surface area contributed by atoms with Crippen molar-refractivity contribution in [1.29, 1.82) is 0 Å². The van der Waals surface area contributed by atoms with Crippen LogP contribution in [0.3, 0.4) is 0 Å². The van der Waals surface area contributed by atoms with E-state index in [2.05, 4.69) is 22.3 Å². The summed E-state index contributed by atoms with van der Waals surface area (Å²) in [5.41, 5.74) is 1.17. The van der Waals surface area contributed by atoms with E-state index in [1.54, 1.807) is 0 Å². The van der Waals surface area contributed by atoms with Gasteiger partial charge in [-0.1, -0.05) is 6.07 Å². The molecule has 3 aliphatic rings. The molecule has 0 atom stereocenters. The van der Waals surface area contributed by atoms with Crippen LogP contribution >= 0.6 is 0 Å². The van der Waals surface area contributed by atoms with E-state index < -0.39 is 5.60 Å². The van der Waals surface area contributed by atoms with Crippen LogP contribution in [0.15, 0.2) is 12.1 Å². The number of amides is 1. The Morgan fingerprint density at radius 1 is 1.15 bits per heavy atom. The highest BCUT2D eigenvalue weighted by molar-refractivity contribution is 5.94. The van der Waals surface area contributed by atoms with Crippen LogP contribution in [0.1, 0.15) is 86.7 Å². The Labute approximate surface area is 156 Å². The number of nitrogens with zero attached hydrogens (tertiary/aromatic N) is 2. The first-order valence-corrected chi connectivity index (χ1v) is 10.3. The van der Waals surface area contributed by atoms with Gasteiger partial charge in [0.05, 0.1) is 5.60 Å². The van der Waals surface area contributed by atoms with Gasteiger partial charge in [0.1, 0.15) is 11.5 Å². The van der Waals surface area contributed by atoms with E-state index in [4.69, 9.17) is 4.98 Å². The van der Waals surface area contributed by atoms with E-state index in [9.17, 15) is 9.90 Å². The van der Waals surface area contributed by atoms with Crippen LogP contribution in [-0.2, 0) is 0 Å². The first-order valence-electron chi connectivity index (χ1n) is 10.3. The minimum absolute atomic E-state index is 0.0303. The molecule has 2 saturated carbocycles. The highest BCUT2D eigenvalue weighted by atomic mass is 16.3. The zero-order valence-corrected chi connectivity index (χ0v) is 15.8. The third-order valence-electron chi connectivity index (χ3n) is 6.22. The Morgan fingerprint density at radius 3 is 2.50 bits per heavy atom. The molecule has 0 radical (unpaired) electrons. The summed E-state index contributed by atoms with van der Waals surface area (Å²) in [5.74, 6) is 1.42. The molecule has 2 N–H and O–H groups in total. The van der Waals surface area contributed by atoms with Crippen molar-refractivity contribution in [2.24, 2.45) is 0 Å². The van der Waals surface area contributed by atoms with Crippen LogP contribution in [0.25, 0.3) is 0 Å². The number of piperidine rings is 1. The molecule has 1 aromatic heterocycles. The first-order chi connectivity index (χ1) is 12.5. The lowest BCUT2D eigenvalue weighted by Gasteiger charge is -2.33. The van der Waals surface area contributed by atoms with Crippen LogP contribution in [0.4, 0.5) is 5.82 Å². The summed E-state index contributed by atoms with van der Waals surface area (Å²) in [6.07, 6.45) is 9.19. The molecule has 0 bridgehead atoms. The van der Waals surface area contributed by atoms with Crippen molar-refractivity contribution < 1.29 is 9.90 Å². The Hall–Kier alpha value is -1.62. The highest BCUT2D eigenvalue weighted by Crippen LogP contribution is 2.42. The Balaban J connectivity index is 1.50. The number of pyridine rings is 1. The van der Waals surface area contributed by atoms with Crippen LogP contribution in [0, 0.1) is 0 Å². The molecule has 5 nitrogen and oxygen atoms in total. The molecule has 5 heteroatoms. The quantitative estimate of drug-likeness (QED) is 0.867. The SMILES string of the molecule is CC1(O)CCC(NC(=O)c2nc(N3CCCCC3)ccc2C2CC2)CC1. The summed E-state index contributed by atoms with van der Waals surface area (Å²) in [6.45, 7) is 3.96. The van der Waals surface area contributed by atoms with Crippen molar-refractivity contribution in [3.8, 4) is 0 Å². The maximum absolute atomic E-state index is 13.0. The van der Waals surface area contributed by atoms with Crippen molar-refractivity contribution in [1.82, 2.24) is 10.3 Å². The number of carbonyl (C=O) groups is 1. The maximum atomic E-state index is 13.0. The molecular weight excluding hydrogens is 326 g/mol. The topological polar surface area (TPSA) is 65.5 Å². The van der Waals surface area contributed by atoms with Gasteiger partial charge in [-0.15, -0.1) is 0 Å². The van der Waals surface area contributed by atoms with Crippen molar-refractivity contribution in [3.63, 3.8) is 0 Å². The van der Waals surface area contributed by atoms with Crippen LogP contribution in [-0.4, -0.2) is 40.7 Å². The second kappa shape index (κ2) is 7.18. The van der Waals surface area contributed by atoms with Crippen LogP contribution in [0.5, 0.6) is 0 Å². The van der Waals surface area contributed by atoms with Crippen molar-refractivity contribution in [3.05, 3.63) is 23.4 Å². The molecular formula is C21H31N3O2. The average Bonchev–Trinajstić information content (AvgIpc) is 3.49. The zero-order valence-electron chi connectivity index (χ0n) is 15.8. The molecule has 2 aliphatic carbocycles. The van der Waals surface area contributed by atoms with Gasteiger partial charge >= 0.3 is 0 Å². The zero-order chi connectivity index (χ0) is 18.1. The van der Waals surface area contributed by atoms with Gasteiger partial charge < -0.3 is 15.3 Å². The normalized spacial score (nSPS) is 29.5. The summed E-state index contributed by atoms with van der Waals surface area (Å²) in [4.78, 5) is 20.1. The van der Waals surface area contributed by atoms with Gasteiger partial charge in [0, 0.05) is 19.1 Å². The van der Waals surface area contributed by atoms with Crippen LogP contribution < -0.4 is 10.2 Å². The fourth-order valence-corrected chi connectivity index (χ4v) is 4.30. The highest BCUT2D eigenvalue weighted by Gasteiger charge is 2.33. The van der Waals surface area contributed by atoms with E-state index in [1.807, 2.05) is 6.92 Å². The Kier molecular flexibility index (Phi) is 4.91. The lowest BCUT2D eigenvalue weighted by Crippen LogP contribution is -2.42. The monoisotopic (exact) mass is 357 g/mol. The van der Waals surface area contributed by atoms with Gasteiger partial charge in [-0.3, -0.25) is 4.79 Å². The number of hydrogen-bond donors (Lipinski definition) is 2. The molecule has 1 saturated heterocycles. The van der Waals surface area contributed by atoms with Crippen molar-refractivity contribution in [2.45, 2.75) is 82.3 Å². The third-order valence-corrected chi connectivity index (χ3v) is 6.22. The Morgan fingerprint density at radius 2 is 1.85 bits per heavy atom. The molecule has 142 valence electrons. The molecule has 3 fully saturated rings.